The summed E-state index contributed by atoms with van der Waals surface area (Å²) >= 11 is 0. The van der Waals surface area contributed by atoms with Gasteiger partial charge in [-0.1, -0.05) is 18.2 Å². The minimum atomic E-state index is -0.521. The molecule has 0 aromatic heterocycles. The van der Waals surface area contributed by atoms with E-state index in [0.29, 0.717) is 32.5 Å². The molecule has 7 heteroatoms. The summed E-state index contributed by atoms with van der Waals surface area (Å²) in [6.45, 7) is 7.23. The van der Waals surface area contributed by atoms with E-state index in [1.165, 1.54) is 12.7 Å². The first-order valence-electron chi connectivity index (χ1n) is 9.56. The van der Waals surface area contributed by atoms with E-state index in [1.807, 2.05) is 39.0 Å². The summed E-state index contributed by atoms with van der Waals surface area (Å²) in [5, 5.41) is 0. The number of benzene rings is 1. The van der Waals surface area contributed by atoms with Crippen LogP contribution in [-0.4, -0.2) is 60.6 Å². The smallest absolute Gasteiger partial charge is 0.410 e. The Kier molecular flexibility index (Phi) is 7.57. The molecule has 1 aromatic carbocycles. The fourth-order valence-electron chi connectivity index (χ4n) is 3.22. The summed E-state index contributed by atoms with van der Waals surface area (Å²) in [5.74, 6) is -0.212. The number of hydrogen-bond donors (Lipinski definition) is 0. The first-order chi connectivity index (χ1) is 13.2. The highest BCUT2D eigenvalue weighted by atomic mass is 16.6. The molecule has 0 atom stereocenters. The molecular formula is C21H30N2O5. The van der Waals surface area contributed by atoms with Crippen LogP contribution in [0.1, 0.15) is 43.9 Å². The van der Waals surface area contributed by atoms with Crippen LogP contribution in [0.4, 0.5) is 4.79 Å². The molecule has 3 amide bonds. The summed E-state index contributed by atoms with van der Waals surface area (Å²) in [7, 11) is 1.53. The van der Waals surface area contributed by atoms with Crippen molar-refractivity contribution >= 4 is 18.4 Å². The van der Waals surface area contributed by atoms with Crippen molar-refractivity contribution in [2.75, 3.05) is 26.8 Å². The fraction of sp³-hybridized carbons (Fsp3) is 0.571. The van der Waals surface area contributed by atoms with E-state index in [-0.39, 0.29) is 25.0 Å². The number of carbonyl (C=O) groups excluding carboxylic acids is 3. The highest BCUT2D eigenvalue weighted by Gasteiger charge is 2.26. The van der Waals surface area contributed by atoms with E-state index in [1.54, 1.807) is 4.90 Å². The molecular weight excluding hydrogens is 360 g/mol. The third kappa shape index (κ3) is 6.05. The Balaban J connectivity index is 2.01. The summed E-state index contributed by atoms with van der Waals surface area (Å²) < 4.78 is 10.4. The number of carbonyl (C=O) groups is 3. The molecule has 0 bridgehead atoms. The van der Waals surface area contributed by atoms with Crippen molar-refractivity contribution in [1.29, 1.82) is 0 Å². The number of rotatable bonds is 7. The number of nitrogens with zero attached hydrogens (tertiary/aromatic N) is 2. The second-order valence-corrected chi connectivity index (χ2v) is 7.89. The van der Waals surface area contributed by atoms with Gasteiger partial charge in [0.15, 0.2) is 0 Å². The molecule has 0 N–H and O–H groups in total. The molecule has 0 spiro atoms. The van der Waals surface area contributed by atoms with Gasteiger partial charge in [0.05, 0.1) is 13.2 Å². The normalized spacial score (nSPS) is 13.6. The zero-order valence-electron chi connectivity index (χ0n) is 17.2. The Morgan fingerprint density at radius 1 is 1.29 bits per heavy atom. The second kappa shape index (κ2) is 9.68. The van der Waals surface area contributed by atoms with E-state index in [4.69, 9.17) is 9.47 Å². The summed E-state index contributed by atoms with van der Waals surface area (Å²) in [6, 6.07) is 5.96. The van der Waals surface area contributed by atoms with E-state index < -0.39 is 5.60 Å². The molecule has 2 rings (SSSR count). The first-order valence-corrected chi connectivity index (χ1v) is 9.56. The highest BCUT2D eigenvalue weighted by Crippen LogP contribution is 2.25. The topological polar surface area (TPSA) is 76.2 Å². The van der Waals surface area contributed by atoms with Gasteiger partial charge in [0.2, 0.25) is 12.3 Å². The number of amides is 3. The predicted octanol–water partition coefficient (Wildman–Crippen LogP) is 2.54. The summed E-state index contributed by atoms with van der Waals surface area (Å²) in [6.07, 6.45) is 1.79. The van der Waals surface area contributed by atoms with Gasteiger partial charge in [-0.25, -0.2) is 4.79 Å². The Bertz CT molecular complexity index is 711. The minimum Gasteiger partial charge on any atom is -0.444 e. The molecule has 1 aliphatic rings. The second-order valence-electron chi connectivity index (χ2n) is 7.89. The van der Waals surface area contributed by atoms with Gasteiger partial charge in [0, 0.05) is 26.6 Å². The van der Waals surface area contributed by atoms with Gasteiger partial charge in [0.1, 0.15) is 5.60 Å². The largest absolute Gasteiger partial charge is 0.444 e. The fourth-order valence-corrected chi connectivity index (χ4v) is 3.22. The lowest BCUT2D eigenvalue weighted by Crippen LogP contribution is -2.40. The van der Waals surface area contributed by atoms with Gasteiger partial charge in [-0.2, -0.15) is 0 Å². The highest BCUT2D eigenvalue weighted by molar-refractivity contribution is 5.86. The number of aryl methyl sites for hydroxylation is 1. The zero-order chi connectivity index (χ0) is 20.7. The Labute approximate surface area is 166 Å². The molecule has 0 unspecified atom stereocenters. The number of hydrogen-bond acceptors (Lipinski definition) is 5. The zero-order valence-corrected chi connectivity index (χ0v) is 17.2. The van der Waals surface area contributed by atoms with Crippen LogP contribution < -0.4 is 0 Å². The number of fused-ring (bicyclic) bond motifs is 1. The van der Waals surface area contributed by atoms with Crippen LogP contribution in [0, 0.1) is 0 Å². The SMILES string of the molecule is COCCN(C=O)C(=O)CCc1cccc2c1CCN(C(=O)OC(C)(C)C)C2. The molecule has 0 aliphatic carbocycles. The van der Waals surface area contributed by atoms with Gasteiger partial charge >= 0.3 is 6.09 Å². The quantitative estimate of drug-likeness (QED) is 0.669. The van der Waals surface area contributed by atoms with E-state index in [0.717, 1.165) is 22.4 Å². The average Bonchev–Trinajstić information content (AvgIpc) is 2.65. The lowest BCUT2D eigenvalue weighted by atomic mass is 9.92. The molecule has 0 fully saturated rings. The van der Waals surface area contributed by atoms with E-state index in [2.05, 4.69) is 0 Å². The number of methoxy groups -OCH3 is 1. The molecule has 7 nitrogen and oxygen atoms in total. The molecule has 1 heterocycles. The number of ether oxygens (including phenoxy) is 2. The Morgan fingerprint density at radius 2 is 2.04 bits per heavy atom. The van der Waals surface area contributed by atoms with Crippen molar-refractivity contribution < 1.29 is 23.9 Å². The van der Waals surface area contributed by atoms with Crippen molar-refractivity contribution in [3.63, 3.8) is 0 Å². The maximum absolute atomic E-state index is 12.3. The van der Waals surface area contributed by atoms with E-state index >= 15 is 0 Å². The number of imide groups is 1. The van der Waals surface area contributed by atoms with Gasteiger partial charge < -0.3 is 14.4 Å². The molecule has 28 heavy (non-hydrogen) atoms. The molecule has 0 radical (unpaired) electrons. The first kappa shape index (κ1) is 21.9. The lowest BCUT2D eigenvalue weighted by molar-refractivity contribution is -0.138. The molecule has 0 saturated carbocycles. The monoisotopic (exact) mass is 390 g/mol. The minimum absolute atomic E-state index is 0.212. The van der Waals surface area contributed by atoms with Crippen molar-refractivity contribution in [3.8, 4) is 0 Å². The molecule has 0 saturated heterocycles. The average molecular weight is 390 g/mol. The van der Waals surface area contributed by atoms with Crippen molar-refractivity contribution in [2.45, 2.75) is 52.2 Å². The molecule has 1 aliphatic heterocycles. The van der Waals surface area contributed by atoms with Crippen LogP contribution in [0.25, 0.3) is 0 Å². The third-order valence-electron chi connectivity index (χ3n) is 4.61. The lowest BCUT2D eigenvalue weighted by Gasteiger charge is -2.32. The van der Waals surface area contributed by atoms with Gasteiger partial charge in [-0.15, -0.1) is 0 Å². The Hall–Kier alpha value is -2.41. The maximum atomic E-state index is 12.3. The van der Waals surface area contributed by atoms with Crippen molar-refractivity contribution in [3.05, 3.63) is 34.9 Å². The summed E-state index contributed by atoms with van der Waals surface area (Å²) in [5.41, 5.74) is 2.83. The predicted molar refractivity (Wildman–Crippen MR) is 105 cm³/mol. The molecule has 154 valence electrons. The van der Waals surface area contributed by atoms with Crippen molar-refractivity contribution in [2.24, 2.45) is 0 Å². The van der Waals surface area contributed by atoms with Crippen LogP contribution in [0.3, 0.4) is 0 Å². The van der Waals surface area contributed by atoms with E-state index in [9.17, 15) is 14.4 Å². The van der Waals surface area contributed by atoms with Gasteiger partial charge in [-0.05, 0) is 50.3 Å². The van der Waals surface area contributed by atoms with Crippen molar-refractivity contribution in [1.82, 2.24) is 9.80 Å². The van der Waals surface area contributed by atoms with Crippen LogP contribution in [-0.2, 0) is 38.4 Å². The molecule has 1 aromatic rings. The Morgan fingerprint density at radius 3 is 2.68 bits per heavy atom. The van der Waals surface area contributed by atoms with Gasteiger partial charge in [-0.3, -0.25) is 14.5 Å². The van der Waals surface area contributed by atoms with Crippen LogP contribution >= 0.6 is 0 Å². The van der Waals surface area contributed by atoms with Crippen LogP contribution in [0.15, 0.2) is 18.2 Å². The third-order valence-corrected chi connectivity index (χ3v) is 4.61. The van der Waals surface area contributed by atoms with Crippen LogP contribution in [0.2, 0.25) is 0 Å². The van der Waals surface area contributed by atoms with Crippen LogP contribution in [0.5, 0.6) is 0 Å². The maximum Gasteiger partial charge on any atom is 0.410 e. The summed E-state index contributed by atoms with van der Waals surface area (Å²) in [4.78, 5) is 38.6. The van der Waals surface area contributed by atoms with Gasteiger partial charge in [0.25, 0.3) is 0 Å². The standard InChI is InChI=1S/C21H30N2O5/c1-21(2,3)28-20(26)22-11-10-18-16(6-5-7-17(18)14-22)8-9-19(25)23(15-24)12-13-27-4/h5-7,15H,8-14H2,1-4H3.